The number of halogens is 6. The smallest absolute Gasteiger partial charge is 0.424 e. The Balaban J connectivity index is 1.58. The van der Waals surface area contributed by atoms with Crippen LogP contribution in [0.15, 0.2) is 60.8 Å². The number of nitrogens with one attached hydrogen (secondary N) is 1. The molecule has 5 rings (SSSR count). The fourth-order valence-corrected chi connectivity index (χ4v) is 4.72. The highest BCUT2D eigenvalue weighted by Crippen LogP contribution is 2.47. The highest BCUT2D eigenvalue weighted by atomic mass is 19.4. The minimum Gasteiger partial charge on any atom is -0.489 e. The fraction of sp³-hybridized carbons (Fsp3) is 0.241. The second kappa shape index (κ2) is 11.0. The molecule has 0 unspecified atom stereocenters. The van der Waals surface area contributed by atoms with Crippen LogP contribution in [0.2, 0.25) is 0 Å². The summed E-state index contributed by atoms with van der Waals surface area (Å²) >= 11 is 0. The lowest BCUT2D eigenvalue weighted by molar-refractivity contribution is -0.265. The number of primary amides is 1. The van der Waals surface area contributed by atoms with Gasteiger partial charge in [-0.15, -0.1) is 0 Å². The lowest BCUT2D eigenvalue weighted by Crippen LogP contribution is -2.51. The number of rotatable bonds is 8. The number of alkyl halides is 5. The Labute approximate surface area is 244 Å². The third-order valence-corrected chi connectivity index (χ3v) is 7.28. The van der Waals surface area contributed by atoms with Gasteiger partial charge in [-0.25, -0.2) is 9.37 Å². The molecule has 0 saturated carbocycles. The van der Waals surface area contributed by atoms with Crippen molar-refractivity contribution >= 4 is 22.7 Å². The van der Waals surface area contributed by atoms with Crippen molar-refractivity contribution < 1.29 is 50.5 Å². The average Bonchev–Trinajstić information content (AvgIpc) is 3.32. The Morgan fingerprint density at radius 2 is 1.86 bits per heavy atom. The largest absolute Gasteiger partial charge is 0.489 e. The summed E-state index contributed by atoms with van der Waals surface area (Å²) in [4.78, 5) is 33.4. The van der Waals surface area contributed by atoms with Crippen LogP contribution in [0.3, 0.4) is 0 Å². The van der Waals surface area contributed by atoms with Crippen molar-refractivity contribution in [1.82, 2.24) is 15.3 Å². The molecular weight excluding hydrogens is 598 g/mol. The van der Waals surface area contributed by atoms with Crippen LogP contribution in [0.5, 0.6) is 11.5 Å². The third kappa shape index (κ3) is 5.34. The number of aliphatic hydroxyl groups is 1. The second-order valence-electron chi connectivity index (χ2n) is 10.2. The van der Waals surface area contributed by atoms with Crippen LogP contribution in [-0.4, -0.2) is 52.8 Å². The second-order valence-corrected chi connectivity index (χ2v) is 10.2. The molecule has 0 aliphatic carbocycles. The molecule has 0 saturated heterocycles. The number of nitrogens with two attached hydrogens (primary N) is 1. The Hall–Kier alpha value is -4.92. The predicted octanol–water partition coefficient (Wildman–Crippen LogP) is 4.35. The van der Waals surface area contributed by atoms with E-state index in [0.717, 1.165) is 24.3 Å². The van der Waals surface area contributed by atoms with E-state index >= 15 is 0 Å². The van der Waals surface area contributed by atoms with Crippen molar-refractivity contribution in [2.75, 3.05) is 13.2 Å². The monoisotopic (exact) mass is 620 g/mol. The number of carbonyl (C=O) groups excluding carboxylic acids is 2. The maximum Gasteiger partial charge on any atom is 0.424 e. The van der Waals surface area contributed by atoms with Gasteiger partial charge in [-0.2, -0.15) is 22.0 Å². The Morgan fingerprint density at radius 1 is 1.16 bits per heavy atom. The van der Waals surface area contributed by atoms with E-state index in [4.69, 9.17) is 10.5 Å². The summed E-state index contributed by atoms with van der Waals surface area (Å²) in [5, 5.41) is 13.3. The van der Waals surface area contributed by atoms with Crippen molar-refractivity contribution in [3.05, 3.63) is 83.4 Å². The van der Waals surface area contributed by atoms with E-state index in [1.54, 1.807) is 0 Å². The van der Waals surface area contributed by atoms with E-state index in [9.17, 15) is 41.0 Å². The van der Waals surface area contributed by atoms with Gasteiger partial charge in [0.25, 0.3) is 5.91 Å². The van der Waals surface area contributed by atoms with Gasteiger partial charge in [0, 0.05) is 28.3 Å². The van der Waals surface area contributed by atoms with Gasteiger partial charge < -0.3 is 25.6 Å². The van der Waals surface area contributed by atoms with Gasteiger partial charge in [0.2, 0.25) is 11.5 Å². The summed E-state index contributed by atoms with van der Waals surface area (Å²) in [6, 6.07) is 10.2. The van der Waals surface area contributed by atoms with E-state index in [2.05, 4.69) is 14.7 Å². The van der Waals surface area contributed by atoms with E-state index in [1.165, 1.54) is 43.5 Å². The van der Waals surface area contributed by atoms with Crippen molar-refractivity contribution in [2.45, 2.75) is 30.7 Å². The van der Waals surface area contributed by atoms with Crippen LogP contribution < -0.4 is 20.5 Å². The molecule has 2 amide bonds. The number of fused-ring (bicyclic) bond motifs is 2. The molecule has 1 aliphatic heterocycles. The maximum atomic E-state index is 14.6. The molecule has 2 atom stereocenters. The van der Waals surface area contributed by atoms with Crippen LogP contribution >= 0.6 is 0 Å². The van der Waals surface area contributed by atoms with E-state index < -0.39 is 59.4 Å². The highest BCUT2D eigenvalue weighted by Gasteiger charge is 2.57. The van der Waals surface area contributed by atoms with Crippen LogP contribution in [0.25, 0.3) is 22.2 Å². The van der Waals surface area contributed by atoms with Crippen LogP contribution in [0.4, 0.5) is 26.3 Å². The zero-order valence-corrected chi connectivity index (χ0v) is 22.6. The Kier molecular flexibility index (Phi) is 7.61. The quantitative estimate of drug-likeness (QED) is 0.249. The molecule has 0 bridgehead atoms. The summed E-state index contributed by atoms with van der Waals surface area (Å²) in [6.45, 7) is -3.79. The van der Waals surface area contributed by atoms with Crippen molar-refractivity contribution in [3.63, 3.8) is 0 Å². The number of benzene rings is 2. The molecule has 9 nitrogen and oxygen atoms in total. The van der Waals surface area contributed by atoms with Crippen molar-refractivity contribution in [1.29, 1.82) is 0 Å². The molecule has 4 aromatic rings. The van der Waals surface area contributed by atoms with Gasteiger partial charge >= 0.3 is 12.8 Å². The molecule has 0 radical (unpaired) electrons. The Bertz CT molecular complexity index is 1770. The molecule has 0 fully saturated rings. The van der Waals surface area contributed by atoms with E-state index in [-0.39, 0.29) is 45.6 Å². The predicted molar refractivity (Wildman–Crippen MR) is 142 cm³/mol. The summed E-state index contributed by atoms with van der Waals surface area (Å²) in [7, 11) is 0. The van der Waals surface area contributed by atoms with E-state index in [0.29, 0.717) is 0 Å². The molecule has 15 heteroatoms. The summed E-state index contributed by atoms with van der Waals surface area (Å²) < 4.78 is 93.6. The van der Waals surface area contributed by atoms with Gasteiger partial charge in [-0.1, -0.05) is 6.07 Å². The summed E-state index contributed by atoms with van der Waals surface area (Å²) in [5.41, 5.74) is -1.59. The van der Waals surface area contributed by atoms with Gasteiger partial charge in [-0.05, 0) is 55.5 Å². The first-order chi connectivity index (χ1) is 20.6. The molecule has 2 aromatic carbocycles. The first-order valence-corrected chi connectivity index (χ1v) is 12.8. The third-order valence-electron chi connectivity index (χ3n) is 7.28. The number of ether oxygens (including phenoxy) is 2. The number of pyridine rings is 2. The lowest BCUT2D eigenvalue weighted by Gasteiger charge is -2.31. The minimum atomic E-state index is -5.46. The van der Waals surface area contributed by atoms with Crippen molar-refractivity contribution in [2.24, 2.45) is 5.73 Å². The van der Waals surface area contributed by atoms with Crippen molar-refractivity contribution in [3.8, 4) is 22.8 Å². The minimum absolute atomic E-state index is 0.0217. The fourth-order valence-electron chi connectivity index (χ4n) is 4.72. The molecular formula is C29H22F6N4O5. The maximum absolute atomic E-state index is 14.6. The number of hydrogen-bond acceptors (Lipinski definition) is 7. The number of hydrogen-bond donors (Lipinski definition) is 3. The van der Waals surface area contributed by atoms with Gasteiger partial charge in [0.05, 0.1) is 12.2 Å². The van der Waals surface area contributed by atoms with Gasteiger partial charge in [0.1, 0.15) is 34.8 Å². The molecule has 4 N–H and O–H groups in total. The Morgan fingerprint density at radius 3 is 2.50 bits per heavy atom. The van der Waals surface area contributed by atoms with Gasteiger partial charge in [0.15, 0.2) is 5.75 Å². The lowest BCUT2D eigenvalue weighted by atomic mass is 9.81. The first-order valence-electron chi connectivity index (χ1n) is 12.8. The number of amides is 2. The molecule has 44 heavy (non-hydrogen) atoms. The molecule has 0 spiro atoms. The van der Waals surface area contributed by atoms with Crippen LogP contribution in [0.1, 0.15) is 28.5 Å². The highest BCUT2D eigenvalue weighted by molar-refractivity contribution is 6.00. The normalized spacial score (nSPS) is 17.6. The standard InChI is InChI=1S/C29H22F6N4O5/c1-27(25(36)41)13-43-23-18(27)11-20(39-22(23)14-4-6-17(30)7-5-14)28(42,29(33,34)35)12-38-24(40)16-9-15-3-2-8-37-21(15)19(10-16)44-26(31)32/h2-11,26,42H,12-13H2,1H3,(H2,36,41)(H,38,40)/t27-,28-/m0/s1. The number of carbonyl (C=O) groups is 2. The average molecular weight is 621 g/mol. The SMILES string of the molecule is C[C@]1(C(N)=O)COc2c1cc([C@@](O)(CNC(=O)c1cc(OC(F)F)c3ncccc3c1)C(F)(F)F)nc2-c1ccc(F)cc1. The first kappa shape index (κ1) is 30.5. The summed E-state index contributed by atoms with van der Waals surface area (Å²) in [5.74, 6) is -3.35. The molecule has 3 heterocycles. The topological polar surface area (TPSA) is 137 Å². The van der Waals surface area contributed by atoms with Gasteiger partial charge in [-0.3, -0.25) is 14.6 Å². The molecule has 1 aliphatic rings. The van der Waals surface area contributed by atoms with E-state index in [1.807, 2.05) is 5.32 Å². The number of nitrogens with zero attached hydrogens (tertiary/aromatic N) is 2. The molecule has 2 aromatic heterocycles. The van der Waals surface area contributed by atoms with Crippen LogP contribution in [0, 0.1) is 5.82 Å². The summed E-state index contributed by atoms with van der Waals surface area (Å²) in [6.07, 6.45) is -4.16. The van der Waals surface area contributed by atoms with Crippen LogP contribution in [-0.2, 0) is 15.8 Å². The zero-order valence-electron chi connectivity index (χ0n) is 22.6. The number of aromatic nitrogens is 2. The molecule has 230 valence electrons. The zero-order chi connectivity index (χ0) is 32.0.